The number of hydrogen-bond donors (Lipinski definition) is 5. The largest absolute Gasteiger partial charge is 0.705 e. The Morgan fingerprint density at radius 2 is 2.03 bits per heavy atom. The number of nitrogens with one attached hydrogen (secondary N) is 1. The monoisotopic (exact) mass is 475 g/mol. The molecule has 1 aliphatic heterocycles. The predicted molar refractivity (Wildman–Crippen MR) is 91.4 cm³/mol. The van der Waals surface area contributed by atoms with Crippen molar-refractivity contribution >= 4 is 23.9 Å². The zero-order valence-corrected chi connectivity index (χ0v) is 16.7. The highest BCUT2D eigenvalue weighted by Gasteiger charge is 2.44. The molecule has 1 aliphatic rings. The molecule has 0 bridgehead atoms. The third-order valence-corrected chi connectivity index (χ3v) is 6.93. The maximum atomic E-state index is 11.9. The summed E-state index contributed by atoms with van der Waals surface area (Å²) in [5, 5.41) is 10.00. The molecule has 1 aromatic heterocycles. The summed E-state index contributed by atoms with van der Waals surface area (Å²) in [6.45, 7) is -0.850. The van der Waals surface area contributed by atoms with Gasteiger partial charge in [0.2, 0.25) is 0 Å². The Bertz CT molecular complexity index is 1040. The number of aliphatic hydroxyl groups is 1. The average Bonchev–Trinajstić information content (AvgIpc) is 2.91. The highest BCUT2D eigenvalue weighted by Crippen LogP contribution is 2.63. The van der Waals surface area contributed by atoms with Crippen molar-refractivity contribution in [3.63, 3.8) is 0 Å². The van der Waals surface area contributed by atoms with Crippen molar-refractivity contribution in [2.75, 3.05) is 6.61 Å². The van der Waals surface area contributed by atoms with Gasteiger partial charge in [-0.2, -0.15) is 4.31 Å². The Morgan fingerprint density at radius 3 is 2.62 bits per heavy atom. The summed E-state index contributed by atoms with van der Waals surface area (Å²) in [7, 11) is -14.3. The lowest BCUT2D eigenvalue weighted by atomic mass is 10.2. The van der Waals surface area contributed by atoms with Gasteiger partial charge in [-0.15, -0.1) is 11.3 Å². The van der Waals surface area contributed by atoms with E-state index in [0.29, 0.717) is 0 Å². The molecule has 29 heavy (non-hydrogen) atoms. The SMILES string of the molecule is C#Cc1cn([C@H]2CC(O)[C@@H](COP(=O)(O)OP(=O)(O)O[P+](=O)O)O2)c(=O)[nH]c1=O. The second-order valence-corrected chi connectivity index (χ2v) is 9.33. The smallest absolute Gasteiger partial charge is 0.390 e. The minimum atomic E-state index is -5.40. The average molecular weight is 475 g/mol. The summed E-state index contributed by atoms with van der Waals surface area (Å²) in [6.07, 6.45) is 2.22. The molecule has 2 heterocycles. The van der Waals surface area contributed by atoms with Crippen LogP contribution in [0.1, 0.15) is 18.2 Å². The van der Waals surface area contributed by atoms with Crippen molar-refractivity contribution in [1.82, 2.24) is 9.55 Å². The Kier molecular flexibility index (Phi) is 7.45. The maximum absolute atomic E-state index is 11.9. The Labute approximate surface area is 162 Å². The van der Waals surface area contributed by atoms with E-state index < -0.39 is 60.2 Å². The van der Waals surface area contributed by atoms with E-state index in [4.69, 9.17) is 20.9 Å². The molecular weight excluding hydrogens is 461 g/mol. The number of aromatic nitrogens is 2. The maximum Gasteiger partial charge on any atom is 0.705 e. The first-order valence-electron chi connectivity index (χ1n) is 7.36. The van der Waals surface area contributed by atoms with Crippen molar-refractivity contribution in [2.45, 2.75) is 24.9 Å². The van der Waals surface area contributed by atoms with Crippen LogP contribution in [0.5, 0.6) is 0 Å². The number of H-pyrrole nitrogens is 1. The molecule has 0 aromatic carbocycles. The highest BCUT2D eigenvalue weighted by atomic mass is 31.3. The first kappa shape index (κ1) is 23.8. The van der Waals surface area contributed by atoms with Crippen LogP contribution in [0.4, 0.5) is 0 Å². The predicted octanol–water partition coefficient (Wildman–Crippen LogP) is -0.933. The Morgan fingerprint density at radius 1 is 1.38 bits per heavy atom. The number of hydrogen-bond acceptors (Lipinski definition) is 10. The van der Waals surface area contributed by atoms with Crippen LogP contribution in [0.15, 0.2) is 15.8 Å². The summed E-state index contributed by atoms with van der Waals surface area (Å²) in [5.41, 5.74) is -1.87. The first-order chi connectivity index (χ1) is 13.3. The van der Waals surface area contributed by atoms with Crippen LogP contribution in [-0.4, -0.2) is 48.2 Å². The zero-order valence-electron chi connectivity index (χ0n) is 14.1. The van der Waals surface area contributed by atoms with Crippen LogP contribution in [-0.2, 0) is 31.6 Å². The van der Waals surface area contributed by atoms with E-state index in [1.165, 1.54) is 0 Å². The number of aromatic amines is 1. The van der Waals surface area contributed by atoms with Crippen molar-refractivity contribution in [3.05, 3.63) is 32.6 Å². The summed E-state index contributed by atoms with van der Waals surface area (Å²) < 4.78 is 51.3. The quantitative estimate of drug-likeness (QED) is 0.227. The number of nitrogens with zero attached hydrogens (tertiary/aromatic N) is 1. The Hall–Kier alpha value is -1.52. The van der Waals surface area contributed by atoms with Gasteiger partial charge in [-0.3, -0.25) is 23.8 Å². The van der Waals surface area contributed by atoms with Gasteiger partial charge in [0, 0.05) is 17.2 Å². The van der Waals surface area contributed by atoms with Gasteiger partial charge in [-0.25, -0.2) is 13.9 Å². The summed E-state index contributed by atoms with van der Waals surface area (Å²) in [4.78, 5) is 52.2. The third kappa shape index (κ3) is 6.48. The molecule has 0 amide bonds. The highest BCUT2D eigenvalue weighted by molar-refractivity contribution is 7.64. The molecular formula is C11H14N2O13P3+. The second kappa shape index (κ2) is 9.09. The summed E-state index contributed by atoms with van der Waals surface area (Å²) >= 11 is 0. The molecule has 0 radical (unpaired) electrons. The van der Waals surface area contributed by atoms with Crippen molar-refractivity contribution < 1.29 is 51.4 Å². The van der Waals surface area contributed by atoms with Gasteiger partial charge in [0.25, 0.3) is 5.56 Å². The molecule has 1 aromatic rings. The molecule has 1 saturated heterocycles. The fourth-order valence-electron chi connectivity index (χ4n) is 2.26. The van der Waals surface area contributed by atoms with E-state index in [2.05, 4.69) is 19.1 Å². The van der Waals surface area contributed by atoms with E-state index >= 15 is 0 Å². The topological polar surface area (TPSA) is 224 Å². The molecule has 0 aliphatic carbocycles. The van der Waals surface area contributed by atoms with Gasteiger partial charge < -0.3 is 14.7 Å². The van der Waals surface area contributed by atoms with Crippen molar-refractivity contribution in [1.29, 1.82) is 0 Å². The Balaban J connectivity index is 2.06. The summed E-state index contributed by atoms with van der Waals surface area (Å²) in [6, 6.07) is 0. The molecule has 1 fully saturated rings. The van der Waals surface area contributed by atoms with Gasteiger partial charge >= 0.3 is 29.6 Å². The molecule has 18 heteroatoms. The number of aliphatic hydroxyl groups excluding tert-OH is 1. The lowest BCUT2D eigenvalue weighted by Crippen LogP contribution is -2.33. The third-order valence-electron chi connectivity index (χ3n) is 3.42. The number of phosphoric acid groups is 2. The van der Waals surface area contributed by atoms with Crippen molar-refractivity contribution in [3.8, 4) is 12.3 Å². The molecule has 5 N–H and O–H groups in total. The normalized spacial score (nSPS) is 26.3. The molecule has 2 rings (SSSR count). The standard InChI is InChI=1S/C11H13N2O13P3/c1-2-6-4-13(11(16)12-10(6)15)9-3-7(14)8(24-9)5-23-28(19,20)26-29(21,22)25-27(17)18/h1,4,7-9,14H,3,5H2,(H3-,12,15,16,17,18,19,20,21,22)/p+1/t7?,8-,9-/m1/s1. The van der Waals surface area contributed by atoms with Crippen LogP contribution in [0.2, 0.25) is 0 Å². The van der Waals surface area contributed by atoms with Gasteiger partial charge in [-0.05, 0) is 4.31 Å². The number of phosphoric ester groups is 1. The van der Waals surface area contributed by atoms with Crippen LogP contribution in [0.25, 0.3) is 0 Å². The van der Waals surface area contributed by atoms with Gasteiger partial charge in [0.15, 0.2) is 0 Å². The lowest BCUT2D eigenvalue weighted by Gasteiger charge is -2.18. The second-order valence-electron chi connectivity index (χ2n) is 5.42. The van der Waals surface area contributed by atoms with E-state index in [0.717, 1.165) is 10.8 Å². The van der Waals surface area contributed by atoms with Crippen LogP contribution in [0, 0.1) is 12.3 Å². The molecule has 160 valence electrons. The van der Waals surface area contributed by atoms with E-state index in [1.807, 2.05) is 4.98 Å². The molecule has 0 spiro atoms. The van der Waals surface area contributed by atoms with Gasteiger partial charge in [0.05, 0.1) is 12.7 Å². The molecule has 4 unspecified atom stereocenters. The summed E-state index contributed by atoms with van der Waals surface area (Å²) in [5.74, 6) is 2.06. The number of terminal acetylenes is 1. The van der Waals surface area contributed by atoms with Crippen LogP contribution >= 0.6 is 23.9 Å². The van der Waals surface area contributed by atoms with E-state index in [-0.39, 0.29) is 12.0 Å². The van der Waals surface area contributed by atoms with Gasteiger partial charge in [0.1, 0.15) is 17.9 Å². The fourth-order valence-corrected chi connectivity index (χ4v) is 4.92. The van der Waals surface area contributed by atoms with E-state index in [9.17, 15) is 33.3 Å². The van der Waals surface area contributed by atoms with Crippen LogP contribution < -0.4 is 11.2 Å². The number of ether oxygens (including phenoxy) is 1. The van der Waals surface area contributed by atoms with Crippen LogP contribution in [0.3, 0.4) is 0 Å². The lowest BCUT2D eigenvalue weighted by molar-refractivity contribution is -0.0450. The fraction of sp³-hybridized carbons (Fsp3) is 0.455. The van der Waals surface area contributed by atoms with E-state index in [1.54, 1.807) is 0 Å². The minimum Gasteiger partial charge on any atom is -0.390 e. The minimum absolute atomic E-state index is 0.184. The number of rotatable bonds is 8. The van der Waals surface area contributed by atoms with Gasteiger partial charge in [-0.1, -0.05) is 5.92 Å². The molecule has 6 atom stereocenters. The van der Waals surface area contributed by atoms with Crippen molar-refractivity contribution in [2.24, 2.45) is 0 Å². The zero-order chi connectivity index (χ0) is 22.0. The molecule has 15 nitrogen and oxygen atoms in total. The first-order valence-corrected chi connectivity index (χ1v) is 11.5. The molecule has 0 saturated carbocycles.